The number of amides is 1. The van der Waals surface area contributed by atoms with Gasteiger partial charge < -0.3 is 10.6 Å². The van der Waals surface area contributed by atoms with Crippen molar-refractivity contribution >= 4 is 43.9 Å². The maximum atomic E-state index is 12.2. The van der Waals surface area contributed by atoms with Gasteiger partial charge in [-0.1, -0.05) is 35.8 Å². The molecule has 0 saturated heterocycles. The number of thiazole rings is 1. The topological polar surface area (TPSA) is 54.0 Å². The van der Waals surface area contributed by atoms with Crippen molar-refractivity contribution in [1.82, 2.24) is 4.98 Å². The minimum atomic E-state index is -0.199. The lowest BCUT2D eigenvalue weighted by molar-refractivity contribution is 0.102. The van der Waals surface area contributed by atoms with Gasteiger partial charge in [0.15, 0.2) is 5.69 Å². The van der Waals surface area contributed by atoms with Crippen LogP contribution in [0.1, 0.15) is 24.3 Å². The van der Waals surface area contributed by atoms with Crippen LogP contribution < -0.4 is 10.6 Å². The lowest BCUT2D eigenvalue weighted by Gasteiger charge is -2.09. The Hall–Kier alpha value is -1.40. The molecule has 0 saturated carbocycles. The van der Waals surface area contributed by atoms with Crippen LogP contribution in [0.4, 0.5) is 10.7 Å². The molecular weight excluding hydrogens is 338 g/mol. The van der Waals surface area contributed by atoms with Crippen molar-refractivity contribution in [3.05, 3.63) is 39.9 Å². The third-order valence-electron chi connectivity index (χ3n) is 2.54. The Bertz CT molecular complexity index is 598. The number of nitrogens with zero attached hydrogens (tertiary/aromatic N) is 1. The highest BCUT2D eigenvalue weighted by atomic mass is 79.9. The molecule has 0 radical (unpaired) electrons. The molecule has 0 fully saturated rings. The van der Waals surface area contributed by atoms with Gasteiger partial charge in [-0.15, -0.1) is 11.3 Å². The number of aromatic nitrogens is 1. The molecule has 0 aliphatic heterocycles. The second kappa shape index (κ2) is 6.85. The molecule has 6 heteroatoms. The number of carbonyl (C=O) groups is 1. The van der Waals surface area contributed by atoms with Crippen molar-refractivity contribution in [2.45, 2.75) is 13.8 Å². The monoisotopic (exact) mass is 353 g/mol. The fourth-order valence-corrected chi connectivity index (χ4v) is 2.67. The van der Waals surface area contributed by atoms with Crippen LogP contribution in [-0.2, 0) is 0 Å². The summed E-state index contributed by atoms with van der Waals surface area (Å²) in [7, 11) is 0. The summed E-state index contributed by atoms with van der Waals surface area (Å²) in [5, 5.41) is 6.92. The molecular formula is C14H16BrN3OS. The van der Waals surface area contributed by atoms with Gasteiger partial charge in [-0.05, 0) is 24.1 Å². The molecule has 1 aromatic carbocycles. The number of rotatable bonds is 5. The minimum Gasteiger partial charge on any atom is -0.375 e. The zero-order valence-corrected chi connectivity index (χ0v) is 13.7. The molecule has 20 heavy (non-hydrogen) atoms. The SMILES string of the molecule is CC(C)CNc1scnc1C(=O)Nc1cccc(Br)c1. The van der Waals surface area contributed by atoms with Crippen LogP contribution >= 0.6 is 27.3 Å². The molecule has 0 spiro atoms. The van der Waals surface area contributed by atoms with Crippen LogP contribution in [0, 0.1) is 5.92 Å². The maximum absolute atomic E-state index is 12.2. The van der Waals surface area contributed by atoms with E-state index in [0.717, 1.165) is 21.7 Å². The first-order chi connectivity index (χ1) is 9.56. The van der Waals surface area contributed by atoms with Gasteiger partial charge in [0.1, 0.15) is 5.00 Å². The van der Waals surface area contributed by atoms with Crippen LogP contribution in [0.5, 0.6) is 0 Å². The highest BCUT2D eigenvalue weighted by molar-refractivity contribution is 9.10. The Labute approximate surface area is 130 Å². The van der Waals surface area contributed by atoms with Crippen LogP contribution in [-0.4, -0.2) is 17.4 Å². The van der Waals surface area contributed by atoms with Crippen molar-refractivity contribution in [2.24, 2.45) is 5.92 Å². The van der Waals surface area contributed by atoms with Crippen LogP contribution in [0.2, 0.25) is 0 Å². The highest BCUT2D eigenvalue weighted by Crippen LogP contribution is 2.22. The van der Waals surface area contributed by atoms with E-state index in [1.807, 2.05) is 24.3 Å². The van der Waals surface area contributed by atoms with Gasteiger partial charge in [-0.3, -0.25) is 4.79 Å². The van der Waals surface area contributed by atoms with E-state index in [9.17, 15) is 4.79 Å². The molecule has 2 rings (SSSR count). The largest absolute Gasteiger partial charge is 0.375 e. The Kier molecular flexibility index (Phi) is 5.14. The number of hydrogen-bond acceptors (Lipinski definition) is 4. The number of benzene rings is 1. The Balaban J connectivity index is 2.08. The summed E-state index contributed by atoms with van der Waals surface area (Å²) in [6, 6.07) is 7.48. The first-order valence-electron chi connectivity index (χ1n) is 6.30. The predicted octanol–water partition coefficient (Wildman–Crippen LogP) is 4.23. The Morgan fingerprint density at radius 2 is 2.25 bits per heavy atom. The molecule has 4 nitrogen and oxygen atoms in total. The Morgan fingerprint density at radius 1 is 1.45 bits per heavy atom. The molecule has 1 heterocycles. The molecule has 2 aromatic rings. The maximum Gasteiger partial charge on any atom is 0.277 e. The van der Waals surface area contributed by atoms with Gasteiger partial charge in [0.2, 0.25) is 0 Å². The second-order valence-corrected chi connectivity index (χ2v) is 6.54. The third-order valence-corrected chi connectivity index (χ3v) is 3.81. The second-order valence-electron chi connectivity index (χ2n) is 4.77. The van der Waals surface area contributed by atoms with Crippen molar-refractivity contribution in [1.29, 1.82) is 0 Å². The van der Waals surface area contributed by atoms with Crippen LogP contribution in [0.15, 0.2) is 34.2 Å². The molecule has 0 atom stereocenters. The summed E-state index contributed by atoms with van der Waals surface area (Å²) < 4.78 is 0.923. The summed E-state index contributed by atoms with van der Waals surface area (Å²) in [6.07, 6.45) is 0. The van der Waals surface area contributed by atoms with E-state index in [1.54, 1.807) is 5.51 Å². The van der Waals surface area contributed by atoms with E-state index in [0.29, 0.717) is 11.6 Å². The molecule has 0 aliphatic carbocycles. The van der Waals surface area contributed by atoms with E-state index >= 15 is 0 Å². The van der Waals surface area contributed by atoms with Gasteiger partial charge in [0.05, 0.1) is 5.51 Å². The van der Waals surface area contributed by atoms with E-state index in [1.165, 1.54) is 11.3 Å². The third kappa shape index (κ3) is 4.05. The first-order valence-corrected chi connectivity index (χ1v) is 7.98. The number of halogens is 1. The Morgan fingerprint density at radius 3 is 2.95 bits per heavy atom. The number of carbonyl (C=O) groups excluding carboxylic acids is 1. The standard InChI is InChI=1S/C14H16BrN3OS/c1-9(2)7-16-14-12(17-8-20-14)13(19)18-11-5-3-4-10(15)6-11/h3-6,8-9,16H,7H2,1-2H3,(H,18,19). The minimum absolute atomic E-state index is 0.199. The quantitative estimate of drug-likeness (QED) is 0.845. The van der Waals surface area contributed by atoms with Gasteiger partial charge in [-0.25, -0.2) is 4.98 Å². The van der Waals surface area contributed by atoms with E-state index in [4.69, 9.17) is 0 Å². The highest BCUT2D eigenvalue weighted by Gasteiger charge is 2.15. The summed E-state index contributed by atoms with van der Waals surface area (Å²) in [6.45, 7) is 5.06. The van der Waals surface area contributed by atoms with Crippen LogP contribution in [0.25, 0.3) is 0 Å². The van der Waals surface area contributed by atoms with Crippen LogP contribution in [0.3, 0.4) is 0 Å². The molecule has 1 amide bonds. The molecule has 0 bridgehead atoms. The molecule has 1 aromatic heterocycles. The summed E-state index contributed by atoms with van der Waals surface area (Å²) in [4.78, 5) is 16.4. The first kappa shape index (κ1) is 15.0. The van der Waals surface area contributed by atoms with Gasteiger partial charge in [0, 0.05) is 16.7 Å². The molecule has 2 N–H and O–H groups in total. The van der Waals surface area contributed by atoms with Gasteiger partial charge in [-0.2, -0.15) is 0 Å². The predicted molar refractivity (Wildman–Crippen MR) is 87.5 cm³/mol. The fourth-order valence-electron chi connectivity index (χ4n) is 1.59. The summed E-state index contributed by atoms with van der Waals surface area (Å²) in [5.41, 5.74) is 2.86. The number of anilines is 2. The molecule has 0 unspecified atom stereocenters. The zero-order valence-electron chi connectivity index (χ0n) is 11.3. The lowest BCUT2D eigenvalue weighted by Crippen LogP contribution is -2.16. The van der Waals surface area contributed by atoms with Gasteiger partial charge in [0.25, 0.3) is 5.91 Å². The molecule has 0 aliphatic rings. The fraction of sp³-hybridized carbons (Fsp3) is 0.286. The molecule has 106 valence electrons. The lowest BCUT2D eigenvalue weighted by atomic mass is 10.2. The number of hydrogen-bond donors (Lipinski definition) is 2. The number of nitrogens with one attached hydrogen (secondary N) is 2. The van der Waals surface area contributed by atoms with E-state index in [2.05, 4.69) is 45.4 Å². The van der Waals surface area contributed by atoms with E-state index < -0.39 is 0 Å². The van der Waals surface area contributed by atoms with Crippen molar-refractivity contribution in [3.63, 3.8) is 0 Å². The summed E-state index contributed by atoms with van der Waals surface area (Å²) in [5.74, 6) is 0.314. The normalized spacial score (nSPS) is 10.6. The van der Waals surface area contributed by atoms with Crippen molar-refractivity contribution < 1.29 is 4.79 Å². The van der Waals surface area contributed by atoms with Gasteiger partial charge >= 0.3 is 0 Å². The summed E-state index contributed by atoms with van der Waals surface area (Å²) >= 11 is 4.82. The van der Waals surface area contributed by atoms with Crippen molar-refractivity contribution in [2.75, 3.05) is 17.2 Å². The average Bonchev–Trinajstić information content (AvgIpc) is 2.84. The van der Waals surface area contributed by atoms with Crippen molar-refractivity contribution in [3.8, 4) is 0 Å². The van der Waals surface area contributed by atoms with E-state index in [-0.39, 0.29) is 5.91 Å². The smallest absolute Gasteiger partial charge is 0.277 e. The average molecular weight is 354 g/mol. The zero-order chi connectivity index (χ0) is 14.5.